The molecule has 0 spiro atoms. The average Bonchev–Trinajstić information content (AvgIpc) is 3.59. The number of hydrogen-bond donors (Lipinski definition) is 3. The van der Waals surface area contributed by atoms with Crippen LogP contribution in [0.3, 0.4) is 0 Å². The zero-order valence-electron chi connectivity index (χ0n) is 19.8. The van der Waals surface area contributed by atoms with Gasteiger partial charge >= 0.3 is 0 Å². The summed E-state index contributed by atoms with van der Waals surface area (Å²) in [4.78, 5) is 14.1. The molecule has 11 heteroatoms. The number of aromatic nitrogens is 5. The highest BCUT2D eigenvalue weighted by atomic mass is 32.1. The van der Waals surface area contributed by atoms with Crippen molar-refractivity contribution in [2.45, 2.75) is 0 Å². The van der Waals surface area contributed by atoms with Crippen molar-refractivity contribution in [1.82, 2.24) is 25.1 Å². The Morgan fingerprint density at radius 2 is 1.56 bits per heavy atom. The van der Waals surface area contributed by atoms with Gasteiger partial charge in [0, 0.05) is 28.3 Å². The predicted octanol–water partition coefficient (Wildman–Crippen LogP) is 5.50. The number of nitrogens with zero attached hydrogens (tertiary/aromatic N) is 4. The normalized spacial score (nSPS) is 10.6. The maximum absolute atomic E-state index is 5.43. The molecule has 0 fully saturated rings. The zero-order chi connectivity index (χ0) is 24.9. The second-order valence-corrected chi connectivity index (χ2v) is 8.41. The van der Waals surface area contributed by atoms with Crippen molar-refractivity contribution in [2.75, 3.05) is 32.0 Å². The van der Waals surface area contributed by atoms with Crippen molar-refractivity contribution in [2.24, 2.45) is 0 Å². The smallest absolute Gasteiger partial charge is 0.233 e. The molecular weight excluding hydrogens is 478 g/mol. The number of ether oxygens (including phenoxy) is 3. The van der Waals surface area contributed by atoms with Gasteiger partial charge in [0.2, 0.25) is 17.6 Å². The largest absolute Gasteiger partial charge is 0.493 e. The molecule has 5 rings (SSSR count). The fourth-order valence-corrected chi connectivity index (χ4v) is 4.49. The van der Waals surface area contributed by atoms with Crippen LogP contribution in [0.15, 0.2) is 66.3 Å². The number of H-pyrrole nitrogens is 1. The summed E-state index contributed by atoms with van der Waals surface area (Å²) in [6.07, 6.45) is 1.42. The summed E-state index contributed by atoms with van der Waals surface area (Å²) in [6, 6.07) is 17.7. The van der Waals surface area contributed by atoms with Crippen LogP contribution in [-0.2, 0) is 0 Å². The standard InChI is InChI=1S/C25H23N7O3S/c1-33-17-12-16(13-18(34-2)22(17)35-3)28-24-26-14-27-25(30-24)29-23-20(19-10-7-11-36-19)21(31-32-23)15-8-5-4-6-9-15/h4-14H,1-3H3,(H3,26,27,28,29,30,31,32). The van der Waals surface area contributed by atoms with Gasteiger partial charge in [0.15, 0.2) is 17.3 Å². The van der Waals surface area contributed by atoms with Crippen LogP contribution in [0.1, 0.15) is 0 Å². The van der Waals surface area contributed by atoms with E-state index in [0.29, 0.717) is 40.7 Å². The number of benzene rings is 2. The minimum atomic E-state index is 0.332. The van der Waals surface area contributed by atoms with E-state index in [4.69, 9.17) is 14.2 Å². The first kappa shape index (κ1) is 23.1. The SMILES string of the molecule is COc1cc(Nc2ncnc(Nc3n[nH]c(-c4ccccc4)c3-c3cccs3)n2)cc(OC)c1OC. The van der Waals surface area contributed by atoms with Crippen LogP contribution in [0.4, 0.5) is 23.4 Å². The summed E-state index contributed by atoms with van der Waals surface area (Å²) in [6.45, 7) is 0. The Labute approximate surface area is 211 Å². The molecule has 182 valence electrons. The molecular formula is C25H23N7O3S. The summed E-state index contributed by atoms with van der Waals surface area (Å²) in [5, 5.41) is 16.1. The molecule has 0 radical (unpaired) electrons. The number of anilines is 4. The van der Waals surface area contributed by atoms with Gasteiger partial charge in [-0.2, -0.15) is 10.1 Å². The Bertz CT molecular complexity index is 1430. The molecule has 2 aromatic carbocycles. The second-order valence-electron chi connectivity index (χ2n) is 7.46. The number of hydrogen-bond acceptors (Lipinski definition) is 10. The molecule has 0 bridgehead atoms. The third kappa shape index (κ3) is 4.64. The lowest BCUT2D eigenvalue weighted by Gasteiger charge is -2.14. The molecule has 0 aliphatic carbocycles. The first-order valence-electron chi connectivity index (χ1n) is 10.9. The lowest BCUT2D eigenvalue weighted by molar-refractivity contribution is 0.324. The third-order valence-electron chi connectivity index (χ3n) is 5.32. The Morgan fingerprint density at radius 3 is 2.19 bits per heavy atom. The minimum absolute atomic E-state index is 0.332. The molecule has 0 aliphatic rings. The molecule has 0 unspecified atom stereocenters. The Kier molecular flexibility index (Phi) is 6.63. The van der Waals surface area contributed by atoms with E-state index in [1.54, 1.807) is 44.8 Å². The molecule has 0 amide bonds. The number of rotatable bonds is 9. The van der Waals surface area contributed by atoms with E-state index in [1.165, 1.54) is 6.33 Å². The van der Waals surface area contributed by atoms with Crippen LogP contribution in [0.25, 0.3) is 21.7 Å². The fourth-order valence-electron chi connectivity index (χ4n) is 3.71. The number of aromatic amines is 1. The average molecular weight is 502 g/mol. The summed E-state index contributed by atoms with van der Waals surface area (Å²) < 4.78 is 16.2. The van der Waals surface area contributed by atoms with Crippen molar-refractivity contribution < 1.29 is 14.2 Å². The predicted molar refractivity (Wildman–Crippen MR) is 140 cm³/mol. The van der Waals surface area contributed by atoms with Gasteiger partial charge in [-0.25, -0.2) is 9.97 Å². The van der Waals surface area contributed by atoms with Gasteiger partial charge < -0.3 is 24.8 Å². The first-order chi connectivity index (χ1) is 17.7. The number of methoxy groups -OCH3 is 3. The maximum Gasteiger partial charge on any atom is 0.233 e. The van der Waals surface area contributed by atoms with Gasteiger partial charge in [-0.15, -0.1) is 11.3 Å². The summed E-state index contributed by atoms with van der Waals surface area (Å²) in [5.41, 5.74) is 3.54. The molecule has 3 N–H and O–H groups in total. The number of nitrogens with one attached hydrogen (secondary N) is 3. The quantitative estimate of drug-likeness (QED) is 0.240. The summed E-state index contributed by atoms with van der Waals surface area (Å²) in [7, 11) is 4.68. The Balaban J connectivity index is 1.45. The highest BCUT2D eigenvalue weighted by molar-refractivity contribution is 7.13. The Hall–Kier alpha value is -4.64. The van der Waals surface area contributed by atoms with E-state index in [9.17, 15) is 0 Å². The fraction of sp³-hybridized carbons (Fsp3) is 0.120. The molecule has 0 atom stereocenters. The van der Waals surface area contributed by atoms with E-state index in [1.807, 2.05) is 41.8 Å². The van der Waals surface area contributed by atoms with Crippen molar-refractivity contribution in [3.8, 4) is 38.9 Å². The molecule has 3 aromatic heterocycles. The van der Waals surface area contributed by atoms with Crippen molar-refractivity contribution in [3.05, 3.63) is 66.3 Å². The zero-order valence-corrected chi connectivity index (χ0v) is 20.6. The van der Waals surface area contributed by atoms with E-state index in [0.717, 1.165) is 21.7 Å². The molecule has 10 nitrogen and oxygen atoms in total. The molecule has 5 aromatic rings. The van der Waals surface area contributed by atoms with Gasteiger partial charge in [0.05, 0.1) is 32.6 Å². The first-order valence-corrected chi connectivity index (χ1v) is 11.8. The molecule has 0 saturated carbocycles. The highest BCUT2D eigenvalue weighted by Gasteiger charge is 2.19. The summed E-state index contributed by atoms with van der Waals surface area (Å²) >= 11 is 1.63. The van der Waals surface area contributed by atoms with Crippen LogP contribution >= 0.6 is 11.3 Å². The van der Waals surface area contributed by atoms with Crippen molar-refractivity contribution >= 4 is 34.7 Å². The van der Waals surface area contributed by atoms with Crippen LogP contribution < -0.4 is 24.8 Å². The van der Waals surface area contributed by atoms with Crippen LogP contribution in [0.2, 0.25) is 0 Å². The van der Waals surface area contributed by atoms with Crippen LogP contribution in [-0.4, -0.2) is 46.5 Å². The van der Waals surface area contributed by atoms with Gasteiger partial charge in [-0.3, -0.25) is 5.10 Å². The molecule has 3 heterocycles. The van der Waals surface area contributed by atoms with E-state index >= 15 is 0 Å². The third-order valence-corrected chi connectivity index (χ3v) is 6.21. The molecule has 0 aliphatic heterocycles. The Morgan fingerprint density at radius 1 is 0.833 bits per heavy atom. The highest BCUT2D eigenvalue weighted by Crippen LogP contribution is 2.41. The van der Waals surface area contributed by atoms with Crippen LogP contribution in [0, 0.1) is 0 Å². The van der Waals surface area contributed by atoms with Gasteiger partial charge in [0.25, 0.3) is 0 Å². The van der Waals surface area contributed by atoms with E-state index < -0.39 is 0 Å². The second kappa shape index (κ2) is 10.3. The lowest BCUT2D eigenvalue weighted by atomic mass is 10.1. The summed E-state index contributed by atoms with van der Waals surface area (Å²) in [5.74, 6) is 2.80. The minimum Gasteiger partial charge on any atom is -0.493 e. The van der Waals surface area contributed by atoms with Gasteiger partial charge in [-0.05, 0) is 11.4 Å². The van der Waals surface area contributed by atoms with Crippen molar-refractivity contribution in [1.29, 1.82) is 0 Å². The lowest BCUT2D eigenvalue weighted by Crippen LogP contribution is -2.04. The monoisotopic (exact) mass is 501 g/mol. The van der Waals surface area contributed by atoms with E-state index in [-0.39, 0.29) is 0 Å². The van der Waals surface area contributed by atoms with Crippen molar-refractivity contribution in [3.63, 3.8) is 0 Å². The van der Waals surface area contributed by atoms with E-state index in [2.05, 4.69) is 41.8 Å². The number of thiophene rings is 1. The molecule has 0 saturated heterocycles. The topological polar surface area (TPSA) is 119 Å². The maximum atomic E-state index is 5.43. The molecule has 36 heavy (non-hydrogen) atoms. The van der Waals surface area contributed by atoms with Gasteiger partial charge in [0.1, 0.15) is 6.33 Å². The van der Waals surface area contributed by atoms with Crippen LogP contribution in [0.5, 0.6) is 17.2 Å². The van der Waals surface area contributed by atoms with Gasteiger partial charge in [-0.1, -0.05) is 36.4 Å².